The van der Waals surface area contributed by atoms with Gasteiger partial charge < -0.3 is 5.32 Å². The van der Waals surface area contributed by atoms with Crippen LogP contribution in [0, 0.1) is 0 Å². The van der Waals surface area contributed by atoms with E-state index in [1.54, 1.807) is 22.7 Å². The molecule has 92 valence electrons. The first kappa shape index (κ1) is 12.2. The molecule has 3 aromatic rings. The average Bonchev–Trinajstić information content (AvgIpc) is 2.96. The third-order valence-corrected chi connectivity index (χ3v) is 4.91. The summed E-state index contributed by atoms with van der Waals surface area (Å²) in [6.45, 7) is 0.702. The minimum Gasteiger partial charge on any atom is -0.377 e. The smallest absolute Gasteiger partial charge is 0.106 e. The fourth-order valence-corrected chi connectivity index (χ4v) is 3.61. The maximum atomic E-state index is 6.21. The Morgan fingerprint density at radius 3 is 2.89 bits per heavy atom. The fraction of sp³-hybridized carbons (Fsp3) is 0.0833. The summed E-state index contributed by atoms with van der Waals surface area (Å²) in [7, 11) is 0. The van der Waals surface area contributed by atoms with Gasteiger partial charge in [-0.25, -0.2) is 4.98 Å². The van der Waals surface area contributed by atoms with Crippen molar-refractivity contribution in [2.45, 2.75) is 6.54 Å². The second-order valence-electron chi connectivity index (χ2n) is 3.71. The van der Waals surface area contributed by atoms with Crippen molar-refractivity contribution >= 4 is 61.8 Å². The summed E-state index contributed by atoms with van der Waals surface area (Å²) in [5.74, 6) is 0. The zero-order valence-electron chi connectivity index (χ0n) is 9.11. The van der Waals surface area contributed by atoms with Gasteiger partial charge in [-0.1, -0.05) is 23.2 Å². The predicted octanol–water partition coefficient (Wildman–Crippen LogP) is 5.28. The summed E-state index contributed by atoms with van der Waals surface area (Å²) in [4.78, 5) is 5.52. The number of anilines is 1. The van der Waals surface area contributed by atoms with E-state index in [1.807, 2.05) is 29.1 Å². The van der Waals surface area contributed by atoms with E-state index in [2.05, 4.69) is 10.3 Å². The molecule has 0 fully saturated rings. The number of nitrogens with zero attached hydrogens (tertiary/aromatic N) is 1. The highest BCUT2D eigenvalue weighted by molar-refractivity contribution is 7.16. The fourth-order valence-electron chi connectivity index (χ4n) is 1.70. The summed E-state index contributed by atoms with van der Waals surface area (Å²) in [6.07, 6.45) is 0. The van der Waals surface area contributed by atoms with Crippen molar-refractivity contribution in [3.8, 4) is 0 Å². The molecule has 0 saturated carbocycles. The van der Waals surface area contributed by atoms with Gasteiger partial charge in [0, 0.05) is 16.8 Å². The first-order valence-electron chi connectivity index (χ1n) is 5.22. The van der Waals surface area contributed by atoms with Crippen LogP contribution in [-0.2, 0) is 6.54 Å². The molecule has 0 amide bonds. The molecule has 1 N–H and O–H groups in total. The second-order valence-corrected chi connectivity index (χ2v) is 6.43. The van der Waals surface area contributed by atoms with Gasteiger partial charge in [0.05, 0.1) is 25.9 Å². The van der Waals surface area contributed by atoms with Gasteiger partial charge in [0.2, 0.25) is 0 Å². The topological polar surface area (TPSA) is 24.9 Å². The number of benzene rings is 1. The highest BCUT2D eigenvalue weighted by Gasteiger charge is 2.08. The van der Waals surface area contributed by atoms with Crippen LogP contribution in [-0.4, -0.2) is 4.98 Å². The molecule has 1 aromatic carbocycles. The summed E-state index contributed by atoms with van der Waals surface area (Å²) in [5.41, 5.74) is 3.64. The van der Waals surface area contributed by atoms with Crippen LogP contribution in [0.15, 0.2) is 29.1 Å². The number of hydrogen-bond donors (Lipinski definition) is 1. The Kier molecular flexibility index (Phi) is 3.43. The molecule has 18 heavy (non-hydrogen) atoms. The molecule has 0 saturated heterocycles. The van der Waals surface area contributed by atoms with Crippen molar-refractivity contribution in [1.29, 1.82) is 0 Å². The molecule has 6 heteroatoms. The number of nitrogens with one attached hydrogen (secondary N) is 1. The Morgan fingerprint density at radius 1 is 1.22 bits per heavy atom. The number of hydrogen-bond acceptors (Lipinski definition) is 4. The van der Waals surface area contributed by atoms with Crippen LogP contribution in [0.25, 0.3) is 10.2 Å². The van der Waals surface area contributed by atoms with E-state index in [0.29, 0.717) is 11.6 Å². The van der Waals surface area contributed by atoms with Gasteiger partial charge in [-0.3, -0.25) is 0 Å². The molecule has 0 radical (unpaired) electrons. The maximum Gasteiger partial charge on any atom is 0.106 e. The van der Waals surface area contributed by atoms with Gasteiger partial charge in [0.25, 0.3) is 0 Å². The highest BCUT2D eigenvalue weighted by atomic mass is 35.5. The van der Waals surface area contributed by atoms with Crippen molar-refractivity contribution < 1.29 is 0 Å². The van der Waals surface area contributed by atoms with Crippen LogP contribution < -0.4 is 5.32 Å². The van der Waals surface area contributed by atoms with E-state index < -0.39 is 0 Å². The van der Waals surface area contributed by atoms with Crippen molar-refractivity contribution in [2.75, 3.05) is 5.32 Å². The average molecular weight is 315 g/mol. The molecule has 0 bridgehead atoms. The third kappa shape index (κ3) is 2.34. The lowest BCUT2D eigenvalue weighted by molar-refractivity contribution is 1.20. The van der Waals surface area contributed by atoms with Crippen LogP contribution in [0.5, 0.6) is 0 Å². The SMILES string of the molecule is Clc1csc(CNc2c(Cl)ccc3scnc23)c1. The Morgan fingerprint density at radius 2 is 2.11 bits per heavy atom. The maximum absolute atomic E-state index is 6.21. The standard InChI is InChI=1S/C12H8Cl2N2S2/c13-7-3-8(17-5-7)4-15-11-9(14)1-2-10-12(11)16-6-18-10/h1-3,5-6,15H,4H2. The molecule has 0 atom stereocenters. The van der Waals surface area contributed by atoms with Gasteiger partial charge in [0.1, 0.15) is 5.52 Å². The second kappa shape index (κ2) is 5.05. The van der Waals surface area contributed by atoms with E-state index in [9.17, 15) is 0 Å². The molecule has 0 aliphatic heterocycles. The number of thiazole rings is 1. The lowest BCUT2D eigenvalue weighted by atomic mass is 10.3. The normalized spacial score (nSPS) is 11.0. The van der Waals surface area contributed by atoms with Crippen molar-refractivity contribution in [3.05, 3.63) is 44.0 Å². The van der Waals surface area contributed by atoms with E-state index in [1.165, 1.54) is 4.88 Å². The molecule has 2 heterocycles. The number of thiophene rings is 1. The number of fused-ring (bicyclic) bond motifs is 1. The van der Waals surface area contributed by atoms with Crippen molar-refractivity contribution in [3.63, 3.8) is 0 Å². The zero-order valence-corrected chi connectivity index (χ0v) is 12.3. The van der Waals surface area contributed by atoms with Crippen molar-refractivity contribution in [2.24, 2.45) is 0 Å². The first-order chi connectivity index (χ1) is 8.74. The number of rotatable bonds is 3. The molecular formula is C12H8Cl2N2S2. The molecule has 3 rings (SSSR count). The van der Waals surface area contributed by atoms with Gasteiger partial charge in [-0.2, -0.15) is 0 Å². The molecule has 0 aliphatic rings. The van der Waals surface area contributed by atoms with Gasteiger partial charge in [-0.15, -0.1) is 22.7 Å². The van der Waals surface area contributed by atoms with E-state index >= 15 is 0 Å². The number of aromatic nitrogens is 1. The Balaban J connectivity index is 1.89. The van der Waals surface area contributed by atoms with Crippen LogP contribution >= 0.6 is 45.9 Å². The Labute approximate surface area is 122 Å². The third-order valence-electron chi connectivity index (χ3n) is 2.51. The largest absolute Gasteiger partial charge is 0.377 e. The molecular weight excluding hydrogens is 307 g/mol. The Hall–Kier alpha value is -0.810. The highest BCUT2D eigenvalue weighted by Crippen LogP contribution is 2.33. The van der Waals surface area contributed by atoms with Gasteiger partial charge in [0.15, 0.2) is 0 Å². The van der Waals surface area contributed by atoms with E-state index in [4.69, 9.17) is 23.2 Å². The minimum atomic E-state index is 0.691. The summed E-state index contributed by atoms with van der Waals surface area (Å²) >= 11 is 15.3. The molecule has 2 nitrogen and oxygen atoms in total. The van der Waals surface area contributed by atoms with E-state index in [0.717, 1.165) is 20.9 Å². The van der Waals surface area contributed by atoms with Crippen LogP contribution in [0.2, 0.25) is 10.0 Å². The monoisotopic (exact) mass is 314 g/mol. The lowest BCUT2D eigenvalue weighted by Crippen LogP contribution is -1.98. The van der Waals surface area contributed by atoms with Gasteiger partial charge in [-0.05, 0) is 18.2 Å². The van der Waals surface area contributed by atoms with Gasteiger partial charge >= 0.3 is 0 Å². The van der Waals surface area contributed by atoms with E-state index in [-0.39, 0.29) is 0 Å². The minimum absolute atomic E-state index is 0.691. The summed E-state index contributed by atoms with van der Waals surface area (Å²) in [6, 6.07) is 5.84. The zero-order chi connectivity index (χ0) is 12.5. The number of halogens is 2. The molecule has 0 spiro atoms. The van der Waals surface area contributed by atoms with Crippen molar-refractivity contribution in [1.82, 2.24) is 4.98 Å². The lowest BCUT2D eigenvalue weighted by Gasteiger charge is -2.07. The van der Waals surface area contributed by atoms with Crippen LogP contribution in [0.1, 0.15) is 4.88 Å². The van der Waals surface area contributed by atoms with Crippen LogP contribution in [0.3, 0.4) is 0 Å². The Bertz CT molecular complexity index is 690. The summed E-state index contributed by atoms with van der Waals surface area (Å²) < 4.78 is 1.13. The molecule has 2 aromatic heterocycles. The van der Waals surface area contributed by atoms with Crippen LogP contribution in [0.4, 0.5) is 5.69 Å². The quantitative estimate of drug-likeness (QED) is 0.711. The predicted molar refractivity (Wildman–Crippen MR) is 81.3 cm³/mol. The molecule has 0 aliphatic carbocycles. The molecule has 0 unspecified atom stereocenters. The first-order valence-corrected chi connectivity index (χ1v) is 7.74. The summed E-state index contributed by atoms with van der Waals surface area (Å²) in [5, 5.41) is 6.72.